The molecule has 0 spiro atoms. The monoisotopic (exact) mass is 201 g/mol. The molecule has 0 radical (unpaired) electrons. The fourth-order valence-corrected chi connectivity index (χ4v) is 1.15. The zero-order valence-electron chi connectivity index (χ0n) is 7.97. The maximum absolute atomic E-state index is 10.00. The standard InChI is InChI=1S/C10H7N3O2/c1-7-12-10(15-13-7)8-2-4-9(5-3-8)11-6-14/h2-5H,1H3. The molecule has 5 nitrogen and oxygen atoms in total. The molecule has 0 saturated heterocycles. The predicted molar refractivity (Wildman–Crippen MR) is 52.3 cm³/mol. The minimum Gasteiger partial charge on any atom is -0.334 e. The second-order valence-electron chi connectivity index (χ2n) is 2.90. The molecule has 74 valence electrons. The molecule has 0 aliphatic rings. The first-order chi connectivity index (χ1) is 7.29. The van der Waals surface area contributed by atoms with Crippen molar-refractivity contribution in [2.75, 3.05) is 0 Å². The zero-order valence-corrected chi connectivity index (χ0v) is 7.97. The Morgan fingerprint density at radius 2 is 2.07 bits per heavy atom. The molecular weight excluding hydrogens is 194 g/mol. The van der Waals surface area contributed by atoms with Crippen LogP contribution in [0.4, 0.5) is 5.69 Å². The number of rotatable bonds is 2. The summed E-state index contributed by atoms with van der Waals surface area (Å²) in [5, 5.41) is 3.68. The van der Waals surface area contributed by atoms with Crippen molar-refractivity contribution in [2.24, 2.45) is 4.99 Å². The molecule has 1 aromatic carbocycles. The summed E-state index contributed by atoms with van der Waals surface area (Å²) < 4.78 is 4.98. The van der Waals surface area contributed by atoms with E-state index in [1.165, 1.54) is 6.08 Å². The molecule has 2 rings (SSSR count). The number of aryl methyl sites for hydroxylation is 1. The second kappa shape index (κ2) is 3.86. The van der Waals surface area contributed by atoms with Crippen molar-refractivity contribution in [1.29, 1.82) is 0 Å². The smallest absolute Gasteiger partial charge is 0.257 e. The number of aliphatic imine (C=N–C) groups is 1. The average molecular weight is 201 g/mol. The molecule has 1 heterocycles. The number of hydrogen-bond acceptors (Lipinski definition) is 5. The Kier molecular flexibility index (Phi) is 2.39. The molecule has 0 bridgehead atoms. The first-order valence-corrected chi connectivity index (χ1v) is 4.28. The Labute approximate surface area is 85.5 Å². The van der Waals surface area contributed by atoms with Crippen LogP contribution in [-0.4, -0.2) is 16.2 Å². The largest absolute Gasteiger partial charge is 0.334 e. The van der Waals surface area contributed by atoms with E-state index < -0.39 is 0 Å². The van der Waals surface area contributed by atoms with Crippen LogP contribution in [-0.2, 0) is 4.79 Å². The summed E-state index contributed by atoms with van der Waals surface area (Å²) in [7, 11) is 0. The van der Waals surface area contributed by atoms with E-state index >= 15 is 0 Å². The molecule has 0 aliphatic carbocycles. The summed E-state index contributed by atoms with van der Waals surface area (Å²) in [6.45, 7) is 1.75. The van der Waals surface area contributed by atoms with Gasteiger partial charge in [0, 0.05) is 5.56 Å². The molecule has 0 unspecified atom stereocenters. The quantitative estimate of drug-likeness (QED) is 0.550. The van der Waals surface area contributed by atoms with E-state index in [4.69, 9.17) is 4.52 Å². The molecular formula is C10H7N3O2. The molecule has 0 amide bonds. The van der Waals surface area contributed by atoms with E-state index in [9.17, 15) is 4.79 Å². The summed E-state index contributed by atoms with van der Waals surface area (Å²) in [6.07, 6.45) is 1.47. The minimum atomic E-state index is 0.453. The summed E-state index contributed by atoms with van der Waals surface area (Å²) in [5.74, 6) is 1.04. The minimum absolute atomic E-state index is 0.453. The third-order valence-electron chi connectivity index (χ3n) is 1.82. The molecule has 15 heavy (non-hydrogen) atoms. The van der Waals surface area contributed by atoms with Gasteiger partial charge < -0.3 is 4.52 Å². The number of aromatic nitrogens is 2. The van der Waals surface area contributed by atoms with Crippen LogP contribution in [0.2, 0.25) is 0 Å². The van der Waals surface area contributed by atoms with Crippen LogP contribution in [0.25, 0.3) is 11.5 Å². The Hall–Kier alpha value is -2.26. The van der Waals surface area contributed by atoms with Gasteiger partial charge in [-0.25, -0.2) is 4.79 Å². The summed E-state index contributed by atoms with van der Waals surface area (Å²) in [4.78, 5) is 17.5. The van der Waals surface area contributed by atoms with Crippen molar-refractivity contribution < 1.29 is 9.32 Å². The van der Waals surface area contributed by atoms with E-state index in [2.05, 4.69) is 15.1 Å². The van der Waals surface area contributed by atoms with Gasteiger partial charge in [-0.1, -0.05) is 5.16 Å². The van der Waals surface area contributed by atoms with Crippen LogP contribution >= 0.6 is 0 Å². The maximum atomic E-state index is 10.00. The maximum Gasteiger partial charge on any atom is 0.257 e. The van der Waals surface area contributed by atoms with Crippen LogP contribution in [0.5, 0.6) is 0 Å². The fourth-order valence-electron chi connectivity index (χ4n) is 1.15. The molecule has 1 aromatic heterocycles. The lowest BCUT2D eigenvalue weighted by atomic mass is 10.2. The van der Waals surface area contributed by atoms with Gasteiger partial charge in [0.1, 0.15) is 0 Å². The number of hydrogen-bond donors (Lipinski definition) is 0. The van der Waals surface area contributed by atoms with Gasteiger partial charge in [0.05, 0.1) is 5.69 Å². The van der Waals surface area contributed by atoms with Gasteiger partial charge in [0.25, 0.3) is 5.89 Å². The fraction of sp³-hybridized carbons (Fsp3) is 0.100. The molecule has 2 aromatic rings. The molecule has 0 fully saturated rings. The van der Waals surface area contributed by atoms with Gasteiger partial charge in [-0.2, -0.15) is 9.98 Å². The highest BCUT2D eigenvalue weighted by Crippen LogP contribution is 2.20. The highest BCUT2D eigenvalue weighted by Gasteiger charge is 2.05. The van der Waals surface area contributed by atoms with E-state index in [0.29, 0.717) is 17.4 Å². The topological polar surface area (TPSA) is 68.3 Å². The summed E-state index contributed by atoms with van der Waals surface area (Å²) >= 11 is 0. The van der Waals surface area contributed by atoms with Crippen molar-refractivity contribution in [1.82, 2.24) is 10.1 Å². The van der Waals surface area contributed by atoms with Gasteiger partial charge in [-0.3, -0.25) is 0 Å². The van der Waals surface area contributed by atoms with Gasteiger partial charge in [0.2, 0.25) is 6.08 Å². The molecule has 0 N–H and O–H groups in total. The number of isocyanates is 1. The Bertz CT molecular complexity index is 510. The first-order valence-electron chi connectivity index (χ1n) is 4.28. The average Bonchev–Trinajstić information content (AvgIpc) is 2.67. The van der Waals surface area contributed by atoms with Gasteiger partial charge in [-0.05, 0) is 31.2 Å². The lowest BCUT2D eigenvalue weighted by Gasteiger charge is -1.93. The molecule has 0 atom stereocenters. The van der Waals surface area contributed by atoms with Crippen molar-refractivity contribution >= 4 is 11.8 Å². The number of benzene rings is 1. The highest BCUT2D eigenvalue weighted by atomic mass is 16.5. The normalized spacial score (nSPS) is 9.67. The van der Waals surface area contributed by atoms with Crippen molar-refractivity contribution in [2.45, 2.75) is 6.92 Å². The zero-order chi connectivity index (χ0) is 10.7. The van der Waals surface area contributed by atoms with E-state index in [-0.39, 0.29) is 0 Å². The third kappa shape index (κ3) is 1.98. The van der Waals surface area contributed by atoms with Gasteiger partial charge in [0.15, 0.2) is 5.82 Å². The molecule has 5 heteroatoms. The Morgan fingerprint density at radius 1 is 1.33 bits per heavy atom. The lowest BCUT2D eigenvalue weighted by molar-refractivity contribution is 0.425. The van der Waals surface area contributed by atoms with Crippen LogP contribution in [0.1, 0.15) is 5.82 Å². The Balaban J connectivity index is 2.35. The van der Waals surface area contributed by atoms with Gasteiger partial charge in [-0.15, -0.1) is 0 Å². The van der Waals surface area contributed by atoms with E-state index in [1.54, 1.807) is 31.2 Å². The Morgan fingerprint density at radius 3 is 2.60 bits per heavy atom. The number of nitrogens with zero attached hydrogens (tertiary/aromatic N) is 3. The SMILES string of the molecule is Cc1noc(-c2ccc(N=C=O)cc2)n1. The van der Waals surface area contributed by atoms with Crippen LogP contribution in [0, 0.1) is 6.92 Å². The van der Waals surface area contributed by atoms with Crippen molar-refractivity contribution in [3.63, 3.8) is 0 Å². The third-order valence-corrected chi connectivity index (χ3v) is 1.82. The predicted octanol–water partition coefficient (Wildman–Crippen LogP) is 2.01. The van der Waals surface area contributed by atoms with Gasteiger partial charge >= 0.3 is 0 Å². The highest BCUT2D eigenvalue weighted by molar-refractivity contribution is 5.58. The molecule has 0 saturated carbocycles. The van der Waals surface area contributed by atoms with E-state index in [0.717, 1.165) is 5.56 Å². The second-order valence-corrected chi connectivity index (χ2v) is 2.90. The first kappa shape index (κ1) is 9.30. The van der Waals surface area contributed by atoms with Crippen LogP contribution in [0.15, 0.2) is 33.8 Å². The molecule has 0 aliphatic heterocycles. The summed E-state index contributed by atoms with van der Waals surface area (Å²) in [6, 6.07) is 6.87. The van der Waals surface area contributed by atoms with Crippen molar-refractivity contribution in [3.05, 3.63) is 30.1 Å². The lowest BCUT2D eigenvalue weighted by Crippen LogP contribution is -1.77. The van der Waals surface area contributed by atoms with E-state index in [1.807, 2.05) is 0 Å². The number of carbonyl (C=O) groups excluding carboxylic acids is 1. The summed E-state index contributed by atoms with van der Waals surface area (Å²) in [5.41, 5.74) is 1.34. The van der Waals surface area contributed by atoms with Crippen molar-refractivity contribution in [3.8, 4) is 11.5 Å². The van der Waals surface area contributed by atoms with Crippen LogP contribution < -0.4 is 0 Å². The van der Waals surface area contributed by atoms with Crippen LogP contribution in [0.3, 0.4) is 0 Å².